The highest BCUT2D eigenvalue weighted by Gasteiger charge is 2.19. The Hall–Kier alpha value is -2.61. The maximum atomic E-state index is 12.4. The molecular weight excluding hydrogens is 320 g/mol. The zero-order chi connectivity index (χ0) is 17.2. The number of hydrogen-bond acceptors (Lipinski definition) is 5. The first-order valence-corrected chi connectivity index (χ1v) is 8.24. The number of carbonyl (C=O) groups is 1. The van der Waals surface area contributed by atoms with Gasteiger partial charge in [-0.15, -0.1) is 0 Å². The van der Waals surface area contributed by atoms with E-state index in [0.29, 0.717) is 0 Å². The van der Waals surface area contributed by atoms with Gasteiger partial charge >= 0.3 is 5.97 Å². The van der Waals surface area contributed by atoms with E-state index in [2.05, 4.69) is 9.71 Å². The molecule has 3 N–H and O–H groups in total. The van der Waals surface area contributed by atoms with E-state index in [0.717, 1.165) is 11.6 Å². The maximum Gasteiger partial charge on any atom is 0.335 e. The van der Waals surface area contributed by atoms with Gasteiger partial charge in [-0.3, -0.25) is 4.72 Å². The SMILES string of the molecule is CC(C)c1cnc(O)c(NS(=O)(=O)c2cccc(C(=O)O)c2)c1. The monoisotopic (exact) mass is 336 g/mol. The van der Waals surface area contributed by atoms with Gasteiger partial charge in [0, 0.05) is 6.20 Å². The molecule has 0 fully saturated rings. The van der Waals surface area contributed by atoms with E-state index in [4.69, 9.17) is 5.11 Å². The molecule has 0 saturated carbocycles. The minimum absolute atomic E-state index is 0.0584. The molecule has 0 amide bonds. The smallest absolute Gasteiger partial charge is 0.335 e. The lowest BCUT2D eigenvalue weighted by Crippen LogP contribution is -2.14. The molecule has 0 spiro atoms. The number of sulfonamides is 1. The molecule has 2 aromatic rings. The molecule has 0 radical (unpaired) electrons. The number of benzene rings is 1. The minimum Gasteiger partial charge on any atom is -0.492 e. The summed E-state index contributed by atoms with van der Waals surface area (Å²) >= 11 is 0. The van der Waals surface area contributed by atoms with Crippen LogP contribution in [0.5, 0.6) is 5.88 Å². The third-order valence-corrected chi connectivity index (χ3v) is 4.55. The third kappa shape index (κ3) is 3.78. The normalized spacial score (nSPS) is 11.4. The summed E-state index contributed by atoms with van der Waals surface area (Å²) in [6, 6.07) is 6.43. The first-order valence-electron chi connectivity index (χ1n) is 6.76. The zero-order valence-electron chi connectivity index (χ0n) is 12.5. The molecule has 1 aromatic carbocycles. The van der Waals surface area contributed by atoms with Crippen molar-refractivity contribution in [2.75, 3.05) is 4.72 Å². The van der Waals surface area contributed by atoms with Gasteiger partial charge in [-0.2, -0.15) is 0 Å². The van der Waals surface area contributed by atoms with Gasteiger partial charge in [-0.05, 0) is 35.7 Å². The van der Waals surface area contributed by atoms with Crippen molar-refractivity contribution in [2.24, 2.45) is 0 Å². The Bertz CT molecular complexity index is 847. The summed E-state index contributed by atoms with van der Waals surface area (Å²) in [4.78, 5) is 14.5. The van der Waals surface area contributed by atoms with Gasteiger partial charge in [-0.25, -0.2) is 18.2 Å². The topological polar surface area (TPSA) is 117 Å². The Labute approximate surface area is 133 Å². The summed E-state index contributed by atoms with van der Waals surface area (Å²) in [7, 11) is -4.05. The molecule has 122 valence electrons. The van der Waals surface area contributed by atoms with E-state index in [1.165, 1.54) is 30.5 Å². The molecule has 0 atom stereocenters. The van der Waals surface area contributed by atoms with E-state index in [-0.39, 0.29) is 22.1 Å². The van der Waals surface area contributed by atoms with Gasteiger partial charge in [-0.1, -0.05) is 19.9 Å². The van der Waals surface area contributed by atoms with Crippen molar-refractivity contribution in [3.63, 3.8) is 0 Å². The molecule has 0 aliphatic rings. The van der Waals surface area contributed by atoms with Crippen LogP contribution in [-0.4, -0.2) is 29.6 Å². The number of aromatic hydroxyl groups is 1. The van der Waals surface area contributed by atoms with Gasteiger partial charge < -0.3 is 10.2 Å². The molecule has 0 bridgehead atoms. The lowest BCUT2D eigenvalue weighted by molar-refractivity contribution is 0.0696. The van der Waals surface area contributed by atoms with E-state index in [1.54, 1.807) is 0 Å². The van der Waals surface area contributed by atoms with Crippen LogP contribution in [0.15, 0.2) is 41.4 Å². The second-order valence-electron chi connectivity index (χ2n) is 5.23. The summed E-state index contributed by atoms with van der Waals surface area (Å²) in [6.45, 7) is 3.81. The van der Waals surface area contributed by atoms with E-state index in [1.807, 2.05) is 13.8 Å². The quantitative estimate of drug-likeness (QED) is 0.772. The predicted octanol–water partition coefficient (Wildman–Crippen LogP) is 2.41. The van der Waals surface area contributed by atoms with Gasteiger partial charge in [0.2, 0.25) is 5.88 Å². The van der Waals surface area contributed by atoms with Gasteiger partial charge in [0.05, 0.1) is 10.5 Å². The summed E-state index contributed by atoms with van der Waals surface area (Å²) in [6.07, 6.45) is 1.46. The number of nitrogens with one attached hydrogen (secondary N) is 1. The lowest BCUT2D eigenvalue weighted by Gasteiger charge is -2.12. The highest BCUT2D eigenvalue weighted by atomic mass is 32.2. The summed E-state index contributed by atoms with van der Waals surface area (Å²) in [5.41, 5.74) is 0.544. The molecule has 1 heterocycles. The van der Waals surface area contributed by atoms with Crippen molar-refractivity contribution in [3.05, 3.63) is 47.7 Å². The molecule has 0 saturated heterocycles. The molecule has 23 heavy (non-hydrogen) atoms. The largest absolute Gasteiger partial charge is 0.492 e. The van der Waals surface area contributed by atoms with Crippen molar-refractivity contribution >= 4 is 21.7 Å². The second-order valence-corrected chi connectivity index (χ2v) is 6.92. The molecular formula is C15H16N2O5S. The molecule has 1 aromatic heterocycles. The first-order chi connectivity index (χ1) is 10.7. The highest BCUT2D eigenvalue weighted by Crippen LogP contribution is 2.27. The fraction of sp³-hybridized carbons (Fsp3) is 0.200. The number of nitrogens with zero attached hydrogens (tertiary/aromatic N) is 1. The third-order valence-electron chi connectivity index (χ3n) is 3.19. The van der Waals surface area contributed by atoms with E-state index < -0.39 is 21.9 Å². The van der Waals surface area contributed by atoms with Crippen LogP contribution in [0.25, 0.3) is 0 Å². The number of hydrogen-bond donors (Lipinski definition) is 3. The van der Waals surface area contributed by atoms with Crippen LogP contribution in [0.1, 0.15) is 35.7 Å². The fourth-order valence-corrected chi connectivity index (χ4v) is 2.96. The van der Waals surface area contributed by atoms with Crippen LogP contribution < -0.4 is 4.72 Å². The number of carboxylic acids is 1. The maximum absolute atomic E-state index is 12.4. The molecule has 0 aliphatic carbocycles. The molecule has 0 unspecified atom stereocenters. The van der Waals surface area contributed by atoms with Crippen molar-refractivity contribution in [1.82, 2.24) is 4.98 Å². The van der Waals surface area contributed by atoms with Crippen LogP contribution in [0, 0.1) is 0 Å². The van der Waals surface area contributed by atoms with Crippen molar-refractivity contribution in [2.45, 2.75) is 24.7 Å². The summed E-state index contributed by atoms with van der Waals surface area (Å²) in [5, 5.41) is 18.7. The molecule has 7 nitrogen and oxygen atoms in total. The molecule has 8 heteroatoms. The van der Waals surface area contributed by atoms with Crippen molar-refractivity contribution in [3.8, 4) is 5.88 Å². The number of aromatic nitrogens is 1. The fourth-order valence-electron chi connectivity index (χ4n) is 1.86. The van der Waals surface area contributed by atoms with Gasteiger partial charge in [0.15, 0.2) is 0 Å². The predicted molar refractivity (Wildman–Crippen MR) is 84.2 cm³/mol. The standard InChI is InChI=1S/C15H16N2O5S/c1-9(2)11-7-13(14(18)16-8-11)17-23(21,22)12-5-3-4-10(6-12)15(19)20/h3-9,17H,1-2H3,(H,16,18)(H,19,20). The lowest BCUT2D eigenvalue weighted by atomic mass is 10.1. The highest BCUT2D eigenvalue weighted by molar-refractivity contribution is 7.92. The minimum atomic E-state index is -4.05. The van der Waals surface area contributed by atoms with E-state index in [9.17, 15) is 18.3 Å². The van der Waals surface area contributed by atoms with Crippen molar-refractivity contribution in [1.29, 1.82) is 0 Å². The van der Waals surface area contributed by atoms with Crippen LogP contribution in [0.4, 0.5) is 5.69 Å². The Morgan fingerprint density at radius 3 is 2.57 bits per heavy atom. The Kier molecular flexibility index (Phi) is 4.55. The van der Waals surface area contributed by atoms with Crippen LogP contribution in [0.3, 0.4) is 0 Å². The first kappa shape index (κ1) is 16.8. The van der Waals surface area contributed by atoms with E-state index >= 15 is 0 Å². The van der Waals surface area contributed by atoms with Gasteiger partial charge in [0.25, 0.3) is 10.0 Å². The molecule has 2 rings (SSSR count). The number of pyridine rings is 1. The molecule has 0 aliphatic heterocycles. The summed E-state index contributed by atoms with van der Waals surface area (Å²) in [5.74, 6) is -1.58. The summed E-state index contributed by atoms with van der Waals surface area (Å²) < 4.78 is 27.0. The van der Waals surface area contributed by atoms with Crippen LogP contribution >= 0.6 is 0 Å². The number of anilines is 1. The zero-order valence-corrected chi connectivity index (χ0v) is 13.3. The van der Waals surface area contributed by atoms with Crippen molar-refractivity contribution < 1.29 is 23.4 Å². The average Bonchev–Trinajstić information content (AvgIpc) is 2.49. The number of carboxylic acid groups (broad SMARTS) is 1. The van der Waals surface area contributed by atoms with Crippen LogP contribution in [-0.2, 0) is 10.0 Å². The Morgan fingerprint density at radius 2 is 1.96 bits per heavy atom. The number of rotatable bonds is 5. The second kappa shape index (κ2) is 6.25. The Balaban J connectivity index is 2.41. The van der Waals surface area contributed by atoms with Gasteiger partial charge in [0.1, 0.15) is 5.69 Å². The number of aromatic carboxylic acids is 1. The van der Waals surface area contributed by atoms with Crippen LogP contribution in [0.2, 0.25) is 0 Å². The average molecular weight is 336 g/mol. The Morgan fingerprint density at radius 1 is 1.26 bits per heavy atom.